The Bertz CT molecular complexity index is 773. The Balaban J connectivity index is 1.98. The number of carbonyl (C=O) groups is 1. The van der Waals surface area contributed by atoms with Crippen molar-refractivity contribution in [2.75, 3.05) is 0 Å². The van der Waals surface area contributed by atoms with E-state index in [0.29, 0.717) is 17.4 Å². The van der Waals surface area contributed by atoms with Crippen LogP contribution in [0.5, 0.6) is 0 Å². The first-order valence-corrected chi connectivity index (χ1v) is 7.50. The third kappa shape index (κ3) is 3.16. The highest BCUT2D eigenvalue weighted by Crippen LogP contribution is 2.43. The lowest BCUT2D eigenvalue weighted by Gasteiger charge is -2.22. The van der Waals surface area contributed by atoms with Crippen LogP contribution in [0.4, 0.5) is 17.6 Å². The number of benzene rings is 2. The van der Waals surface area contributed by atoms with Gasteiger partial charge in [-0.25, -0.2) is 4.39 Å². The van der Waals surface area contributed by atoms with Crippen LogP contribution in [0.2, 0.25) is 5.02 Å². The van der Waals surface area contributed by atoms with Gasteiger partial charge in [0.1, 0.15) is 12.1 Å². The van der Waals surface area contributed by atoms with Gasteiger partial charge >= 0.3 is 6.18 Å². The molecule has 24 heavy (non-hydrogen) atoms. The molecule has 0 N–H and O–H groups in total. The fourth-order valence-corrected chi connectivity index (χ4v) is 3.26. The lowest BCUT2D eigenvalue weighted by molar-refractivity contribution is -0.138. The zero-order valence-electron chi connectivity index (χ0n) is 12.3. The molecule has 3 rings (SSSR count). The molecule has 0 fully saturated rings. The van der Waals surface area contributed by atoms with Crippen molar-refractivity contribution < 1.29 is 22.4 Å². The molecule has 0 saturated heterocycles. The van der Waals surface area contributed by atoms with Crippen LogP contribution in [0.25, 0.3) is 0 Å². The average molecular weight is 358 g/mol. The fourth-order valence-electron chi connectivity index (χ4n) is 3.02. The lowest BCUT2D eigenvalue weighted by atomic mass is 9.98. The van der Waals surface area contributed by atoms with Crippen LogP contribution in [0, 0.1) is 5.82 Å². The molecule has 126 valence electrons. The minimum Gasteiger partial charge on any atom is -0.301 e. The summed E-state index contributed by atoms with van der Waals surface area (Å²) in [5.41, 5.74) is 0.150. The van der Waals surface area contributed by atoms with Crippen molar-refractivity contribution in [2.24, 2.45) is 0 Å². The maximum atomic E-state index is 13.3. The number of fused-ring (bicyclic) bond motifs is 1. The second-order valence-corrected chi connectivity index (χ2v) is 6.07. The Morgan fingerprint density at radius 3 is 2.46 bits per heavy atom. The van der Waals surface area contributed by atoms with Crippen molar-refractivity contribution in [1.82, 2.24) is 4.90 Å². The molecule has 2 nitrogen and oxygen atoms in total. The van der Waals surface area contributed by atoms with E-state index in [4.69, 9.17) is 11.6 Å². The summed E-state index contributed by atoms with van der Waals surface area (Å²) in [6.07, 6.45) is -4.10. The van der Waals surface area contributed by atoms with E-state index in [1.54, 1.807) is 4.90 Å². The highest BCUT2D eigenvalue weighted by atomic mass is 35.5. The molecule has 7 heteroatoms. The summed E-state index contributed by atoms with van der Waals surface area (Å²) in [6, 6.07) is 6.90. The van der Waals surface area contributed by atoms with Crippen molar-refractivity contribution >= 4 is 17.9 Å². The first kappa shape index (κ1) is 16.9. The molecular formula is C17H12ClF4NO. The van der Waals surface area contributed by atoms with Gasteiger partial charge in [-0.3, -0.25) is 4.90 Å². The van der Waals surface area contributed by atoms with Crippen molar-refractivity contribution in [3.63, 3.8) is 0 Å². The van der Waals surface area contributed by atoms with Crippen LogP contribution < -0.4 is 0 Å². The molecule has 1 aliphatic rings. The largest absolute Gasteiger partial charge is 0.416 e. The molecule has 1 aliphatic heterocycles. The Morgan fingerprint density at radius 1 is 1.21 bits per heavy atom. The highest BCUT2D eigenvalue weighted by molar-refractivity contribution is 6.30. The summed E-state index contributed by atoms with van der Waals surface area (Å²) in [5.74, 6) is -0.401. The normalized spacial score (nSPS) is 17.8. The molecule has 0 aromatic heterocycles. The maximum absolute atomic E-state index is 13.3. The molecule has 1 heterocycles. The van der Waals surface area contributed by atoms with Gasteiger partial charge in [-0.05, 0) is 41.0 Å². The molecule has 0 bridgehead atoms. The molecule has 2 aromatic carbocycles. The van der Waals surface area contributed by atoms with E-state index in [2.05, 4.69) is 0 Å². The smallest absolute Gasteiger partial charge is 0.301 e. The van der Waals surface area contributed by atoms with Crippen molar-refractivity contribution in [1.29, 1.82) is 0 Å². The number of rotatable bonds is 3. The number of hydrogen-bond acceptors (Lipinski definition) is 2. The topological polar surface area (TPSA) is 20.3 Å². The Labute approximate surface area is 140 Å². The fraction of sp³-hybridized carbons (Fsp3) is 0.235. The van der Waals surface area contributed by atoms with Gasteiger partial charge in [-0.1, -0.05) is 23.7 Å². The van der Waals surface area contributed by atoms with E-state index >= 15 is 0 Å². The number of halogens is 5. The van der Waals surface area contributed by atoms with E-state index in [1.165, 1.54) is 30.3 Å². The van der Waals surface area contributed by atoms with Gasteiger partial charge in [0, 0.05) is 18.1 Å². The molecule has 0 aliphatic carbocycles. The van der Waals surface area contributed by atoms with Crippen LogP contribution >= 0.6 is 11.6 Å². The SMILES string of the molecule is O=CC1c2c(cc(Cl)cc2C(F)(F)F)CN1Cc1ccc(F)cc1. The van der Waals surface area contributed by atoms with Crippen LogP contribution in [-0.4, -0.2) is 11.2 Å². The van der Waals surface area contributed by atoms with Gasteiger partial charge in [0.05, 0.1) is 11.6 Å². The van der Waals surface area contributed by atoms with E-state index in [0.717, 1.165) is 6.07 Å². The second-order valence-electron chi connectivity index (χ2n) is 5.64. The van der Waals surface area contributed by atoms with Crippen LogP contribution in [-0.2, 0) is 24.1 Å². The van der Waals surface area contributed by atoms with Gasteiger partial charge < -0.3 is 4.79 Å². The van der Waals surface area contributed by atoms with E-state index in [-0.39, 0.29) is 23.7 Å². The minimum atomic E-state index is -4.60. The summed E-state index contributed by atoms with van der Waals surface area (Å²) in [5, 5.41) is -0.0191. The average Bonchev–Trinajstić information content (AvgIpc) is 2.84. The van der Waals surface area contributed by atoms with Crippen LogP contribution in [0.15, 0.2) is 36.4 Å². The van der Waals surface area contributed by atoms with E-state index < -0.39 is 23.6 Å². The number of hydrogen-bond donors (Lipinski definition) is 0. The Morgan fingerprint density at radius 2 is 1.88 bits per heavy atom. The monoisotopic (exact) mass is 357 g/mol. The quantitative estimate of drug-likeness (QED) is 0.583. The van der Waals surface area contributed by atoms with E-state index in [1.807, 2.05) is 0 Å². The molecular weight excluding hydrogens is 346 g/mol. The minimum absolute atomic E-state index is 0.0191. The molecule has 0 radical (unpaired) electrons. The summed E-state index contributed by atoms with van der Waals surface area (Å²) in [4.78, 5) is 13.1. The number of aldehydes is 1. The first-order valence-electron chi connectivity index (χ1n) is 7.13. The summed E-state index contributed by atoms with van der Waals surface area (Å²) in [6.45, 7) is 0.396. The molecule has 0 amide bonds. The lowest BCUT2D eigenvalue weighted by Crippen LogP contribution is -2.24. The maximum Gasteiger partial charge on any atom is 0.416 e. The van der Waals surface area contributed by atoms with Gasteiger partial charge in [-0.2, -0.15) is 13.2 Å². The third-order valence-electron chi connectivity index (χ3n) is 4.03. The van der Waals surface area contributed by atoms with Gasteiger partial charge in [-0.15, -0.1) is 0 Å². The zero-order chi connectivity index (χ0) is 17.5. The number of carbonyl (C=O) groups excluding carboxylic acids is 1. The Hall–Kier alpha value is -1.92. The predicted octanol–water partition coefficient (Wildman–Crippen LogP) is 4.75. The molecule has 2 aromatic rings. The van der Waals surface area contributed by atoms with Gasteiger partial charge in [0.15, 0.2) is 0 Å². The summed E-state index contributed by atoms with van der Waals surface area (Å²) in [7, 11) is 0. The van der Waals surface area contributed by atoms with Gasteiger partial charge in [0.2, 0.25) is 0 Å². The number of alkyl halides is 3. The van der Waals surface area contributed by atoms with Gasteiger partial charge in [0.25, 0.3) is 0 Å². The molecule has 0 spiro atoms. The standard InChI is InChI=1S/C17H12ClF4NO/c18-12-5-11-8-23(7-10-1-3-13(19)4-2-10)15(9-24)16(11)14(6-12)17(20,21)22/h1-6,9,15H,7-8H2. The summed E-state index contributed by atoms with van der Waals surface area (Å²) >= 11 is 5.80. The molecule has 1 atom stereocenters. The molecule has 1 unspecified atom stereocenters. The van der Waals surface area contributed by atoms with Crippen LogP contribution in [0.3, 0.4) is 0 Å². The Kier molecular flexibility index (Phi) is 4.36. The van der Waals surface area contributed by atoms with Crippen molar-refractivity contribution in [2.45, 2.75) is 25.3 Å². The highest BCUT2D eigenvalue weighted by Gasteiger charge is 2.41. The predicted molar refractivity (Wildman–Crippen MR) is 80.9 cm³/mol. The number of nitrogens with zero attached hydrogens (tertiary/aromatic N) is 1. The third-order valence-corrected chi connectivity index (χ3v) is 4.24. The summed E-state index contributed by atoms with van der Waals surface area (Å²) < 4.78 is 52.9. The van der Waals surface area contributed by atoms with Crippen molar-refractivity contribution in [3.8, 4) is 0 Å². The second kappa shape index (κ2) is 6.18. The van der Waals surface area contributed by atoms with Crippen molar-refractivity contribution in [3.05, 3.63) is 69.5 Å². The van der Waals surface area contributed by atoms with E-state index in [9.17, 15) is 22.4 Å². The van der Waals surface area contributed by atoms with Crippen LogP contribution in [0.1, 0.15) is 28.3 Å². The first-order chi connectivity index (χ1) is 11.3. The molecule has 0 saturated carbocycles. The zero-order valence-corrected chi connectivity index (χ0v) is 13.0.